The number of furan rings is 1. The van der Waals surface area contributed by atoms with E-state index >= 15 is 0 Å². The van der Waals surface area contributed by atoms with E-state index in [1.165, 1.54) is 25.3 Å². The molecule has 0 aliphatic heterocycles. The number of hydrogen-bond donors (Lipinski definition) is 3. The first-order valence-electron chi connectivity index (χ1n) is 7.40. The molecular formula is C17H21FN2O4. The molecule has 3 N–H and O–H groups in total. The van der Waals surface area contributed by atoms with Gasteiger partial charge in [0.2, 0.25) is 0 Å². The van der Waals surface area contributed by atoms with Crippen LogP contribution in [-0.4, -0.2) is 24.8 Å². The number of rotatable bonds is 5. The van der Waals surface area contributed by atoms with E-state index in [0.29, 0.717) is 22.8 Å². The van der Waals surface area contributed by atoms with E-state index in [4.69, 9.17) is 9.15 Å². The van der Waals surface area contributed by atoms with Crippen LogP contribution in [0.3, 0.4) is 0 Å². The van der Waals surface area contributed by atoms with Gasteiger partial charge in [-0.25, -0.2) is 9.18 Å². The molecule has 0 aliphatic carbocycles. The fourth-order valence-corrected chi connectivity index (χ4v) is 2.44. The van der Waals surface area contributed by atoms with Crippen molar-refractivity contribution in [3.05, 3.63) is 47.2 Å². The van der Waals surface area contributed by atoms with Crippen molar-refractivity contribution >= 4 is 11.7 Å². The number of urea groups is 1. The predicted molar refractivity (Wildman–Crippen MR) is 87.7 cm³/mol. The van der Waals surface area contributed by atoms with Gasteiger partial charge in [-0.3, -0.25) is 0 Å². The number of amides is 2. The molecule has 1 aromatic carbocycles. The molecule has 0 spiro atoms. The quantitative estimate of drug-likeness (QED) is 0.783. The van der Waals surface area contributed by atoms with Crippen molar-refractivity contribution < 1.29 is 23.4 Å². The standard InChI is InChI=1S/C17H21FN2O4/c1-10-5-15(11(2)24-10)17(3,22)9-19-16(21)20-13-6-12(18)7-14(8-13)23-4/h5-8,22H,9H2,1-4H3,(H2,19,20,21). The number of nitrogens with one attached hydrogen (secondary N) is 2. The molecule has 1 atom stereocenters. The van der Waals surface area contributed by atoms with Gasteiger partial charge in [-0.15, -0.1) is 0 Å². The van der Waals surface area contributed by atoms with Crippen LogP contribution in [-0.2, 0) is 5.60 Å². The summed E-state index contributed by atoms with van der Waals surface area (Å²) in [4.78, 5) is 12.0. The van der Waals surface area contributed by atoms with Crippen molar-refractivity contribution in [1.82, 2.24) is 5.32 Å². The van der Waals surface area contributed by atoms with Crippen LogP contribution >= 0.6 is 0 Å². The van der Waals surface area contributed by atoms with E-state index in [0.717, 1.165) is 0 Å². The first kappa shape index (κ1) is 17.8. The molecule has 24 heavy (non-hydrogen) atoms. The number of anilines is 1. The predicted octanol–water partition coefficient (Wildman–Crippen LogP) is 3.07. The number of carbonyl (C=O) groups excluding carboxylic acids is 1. The number of halogens is 1. The third-order valence-electron chi connectivity index (χ3n) is 3.58. The van der Waals surface area contributed by atoms with Crippen LogP contribution in [0.15, 0.2) is 28.7 Å². The van der Waals surface area contributed by atoms with Crippen molar-refractivity contribution in [2.45, 2.75) is 26.4 Å². The van der Waals surface area contributed by atoms with Crippen LogP contribution in [0.5, 0.6) is 5.75 Å². The third-order valence-corrected chi connectivity index (χ3v) is 3.58. The minimum Gasteiger partial charge on any atom is -0.497 e. The minimum absolute atomic E-state index is 0.0366. The Morgan fingerprint density at radius 3 is 2.62 bits per heavy atom. The first-order chi connectivity index (χ1) is 11.2. The van der Waals surface area contributed by atoms with Gasteiger partial charge in [0.1, 0.15) is 28.7 Å². The number of benzene rings is 1. The highest BCUT2D eigenvalue weighted by Gasteiger charge is 2.28. The van der Waals surface area contributed by atoms with Crippen molar-refractivity contribution in [1.29, 1.82) is 0 Å². The summed E-state index contributed by atoms with van der Waals surface area (Å²) in [5, 5.41) is 15.6. The zero-order chi connectivity index (χ0) is 17.9. The summed E-state index contributed by atoms with van der Waals surface area (Å²) in [6.45, 7) is 5.07. The van der Waals surface area contributed by atoms with E-state index in [1.54, 1.807) is 26.8 Å². The molecule has 0 fully saturated rings. The molecule has 1 aromatic heterocycles. The molecule has 2 aromatic rings. The lowest BCUT2D eigenvalue weighted by Crippen LogP contribution is -2.40. The second-order valence-corrected chi connectivity index (χ2v) is 5.79. The lowest BCUT2D eigenvalue weighted by Gasteiger charge is -2.23. The maximum Gasteiger partial charge on any atom is 0.319 e. The topological polar surface area (TPSA) is 83.7 Å². The average molecular weight is 336 g/mol. The minimum atomic E-state index is -1.29. The van der Waals surface area contributed by atoms with Crippen molar-refractivity contribution in [3.8, 4) is 5.75 Å². The third kappa shape index (κ3) is 4.26. The first-order valence-corrected chi connectivity index (χ1v) is 7.40. The molecule has 130 valence electrons. The van der Waals surface area contributed by atoms with Gasteiger partial charge < -0.3 is 24.9 Å². The number of carbonyl (C=O) groups is 1. The molecule has 0 radical (unpaired) electrons. The number of hydrogen-bond acceptors (Lipinski definition) is 4. The smallest absolute Gasteiger partial charge is 0.319 e. The van der Waals surface area contributed by atoms with Crippen molar-refractivity contribution in [3.63, 3.8) is 0 Å². The molecule has 2 amide bonds. The van der Waals surface area contributed by atoms with Crippen LogP contribution < -0.4 is 15.4 Å². The molecule has 0 saturated heterocycles. The number of methoxy groups -OCH3 is 1. The van der Waals surface area contributed by atoms with E-state index in [9.17, 15) is 14.3 Å². The van der Waals surface area contributed by atoms with Crippen LogP contribution in [0.1, 0.15) is 24.0 Å². The van der Waals surface area contributed by atoms with Gasteiger partial charge in [0.05, 0.1) is 13.7 Å². The summed E-state index contributed by atoms with van der Waals surface area (Å²) in [6.07, 6.45) is 0. The fourth-order valence-electron chi connectivity index (χ4n) is 2.44. The van der Waals surface area contributed by atoms with Gasteiger partial charge in [0, 0.05) is 23.4 Å². The number of aliphatic hydroxyl groups is 1. The van der Waals surface area contributed by atoms with Crippen molar-refractivity contribution in [2.75, 3.05) is 19.0 Å². The maximum absolute atomic E-state index is 13.4. The molecule has 7 heteroatoms. The van der Waals surface area contributed by atoms with Gasteiger partial charge in [0.25, 0.3) is 0 Å². The lowest BCUT2D eigenvalue weighted by molar-refractivity contribution is 0.0584. The summed E-state index contributed by atoms with van der Waals surface area (Å²) >= 11 is 0. The number of aryl methyl sites for hydroxylation is 2. The normalized spacial score (nSPS) is 13.2. The van der Waals surface area contributed by atoms with Crippen molar-refractivity contribution in [2.24, 2.45) is 0 Å². The SMILES string of the molecule is COc1cc(F)cc(NC(=O)NCC(C)(O)c2cc(C)oc2C)c1. The maximum atomic E-state index is 13.4. The second-order valence-electron chi connectivity index (χ2n) is 5.79. The lowest BCUT2D eigenvalue weighted by atomic mass is 9.96. The largest absolute Gasteiger partial charge is 0.497 e. The second kappa shape index (κ2) is 6.92. The summed E-state index contributed by atoms with van der Waals surface area (Å²) in [7, 11) is 1.41. The Bertz CT molecular complexity index is 740. The van der Waals surface area contributed by atoms with E-state index in [1.807, 2.05) is 0 Å². The fraction of sp³-hybridized carbons (Fsp3) is 0.353. The zero-order valence-electron chi connectivity index (χ0n) is 14.1. The molecule has 0 bridgehead atoms. The van der Waals surface area contributed by atoms with Crippen LogP contribution in [0.25, 0.3) is 0 Å². The summed E-state index contributed by atoms with van der Waals surface area (Å²) in [5.74, 6) is 1.04. The molecule has 0 aliphatic rings. The Morgan fingerprint density at radius 1 is 1.33 bits per heavy atom. The Kier molecular flexibility index (Phi) is 5.14. The van der Waals surface area contributed by atoms with Gasteiger partial charge >= 0.3 is 6.03 Å². The molecule has 2 rings (SSSR count). The highest BCUT2D eigenvalue weighted by atomic mass is 19.1. The van der Waals surface area contributed by atoms with E-state index in [-0.39, 0.29) is 12.2 Å². The van der Waals surface area contributed by atoms with Gasteiger partial charge in [-0.2, -0.15) is 0 Å². The Labute approximate surface area is 139 Å². The summed E-state index contributed by atoms with van der Waals surface area (Å²) in [6, 6.07) is 5.03. The van der Waals surface area contributed by atoms with Crippen LogP contribution in [0.2, 0.25) is 0 Å². The highest BCUT2D eigenvalue weighted by Crippen LogP contribution is 2.26. The molecule has 0 saturated carbocycles. The number of ether oxygens (including phenoxy) is 1. The molecular weight excluding hydrogens is 315 g/mol. The Morgan fingerprint density at radius 2 is 2.04 bits per heavy atom. The Balaban J connectivity index is 2.00. The van der Waals surface area contributed by atoms with Gasteiger partial charge in [-0.1, -0.05) is 0 Å². The highest BCUT2D eigenvalue weighted by molar-refractivity contribution is 5.89. The zero-order valence-corrected chi connectivity index (χ0v) is 14.1. The average Bonchev–Trinajstić information content (AvgIpc) is 2.84. The Hall–Kier alpha value is -2.54. The molecule has 1 heterocycles. The van der Waals surface area contributed by atoms with Crippen LogP contribution in [0.4, 0.5) is 14.9 Å². The van der Waals surface area contributed by atoms with Crippen LogP contribution in [0, 0.1) is 19.7 Å². The van der Waals surface area contributed by atoms with Gasteiger partial charge in [-0.05, 0) is 32.9 Å². The molecule has 6 nitrogen and oxygen atoms in total. The molecule has 1 unspecified atom stereocenters. The van der Waals surface area contributed by atoms with E-state index in [2.05, 4.69) is 10.6 Å². The monoisotopic (exact) mass is 336 g/mol. The van der Waals surface area contributed by atoms with Gasteiger partial charge in [0.15, 0.2) is 0 Å². The van der Waals surface area contributed by atoms with E-state index < -0.39 is 17.4 Å². The summed E-state index contributed by atoms with van der Waals surface area (Å²) in [5.41, 5.74) is -0.439. The summed E-state index contributed by atoms with van der Waals surface area (Å²) < 4.78 is 23.7.